The number of hydrogen-bond acceptors (Lipinski definition) is 8. The van der Waals surface area contributed by atoms with Crippen LogP contribution in [0.25, 0.3) is 11.2 Å². The Balaban J connectivity index is 1.92. The predicted octanol–water partition coefficient (Wildman–Crippen LogP) is 4.74. The highest BCUT2D eigenvalue weighted by atomic mass is 28.4. The van der Waals surface area contributed by atoms with Crippen LogP contribution in [0.5, 0.6) is 0 Å². The lowest BCUT2D eigenvalue weighted by Gasteiger charge is -2.40. The number of nitrogen functional groups attached to an aromatic ring is 1. The molecule has 1 unspecified atom stereocenters. The standard InChI is InChI=1S/C26H47N5O6Si2/c1-25(2,3)38(7,8)35-15-18-17(37-39(9,10)26(4,5)6)14-19(36-18)31-16-28-21-22(31)29-24(27)30(23(21)34)13-11-12-20(32)33/h16-19H,11-15H2,1-10H3,(H2,27,29)(H,32,33)/t17?,18-,19-/m1/s1. The summed E-state index contributed by atoms with van der Waals surface area (Å²) in [6.45, 7) is 22.8. The Morgan fingerprint density at radius 2 is 1.77 bits per heavy atom. The first kappa shape index (κ1) is 31.5. The Labute approximate surface area is 233 Å². The molecule has 0 bridgehead atoms. The van der Waals surface area contributed by atoms with Gasteiger partial charge in [-0.25, -0.2) is 4.98 Å². The van der Waals surface area contributed by atoms with E-state index in [0.29, 0.717) is 18.7 Å². The number of carbonyl (C=O) groups is 1. The molecule has 11 nitrogen and oxygen atoms in total. The number of fused-ring (bicyclic) bond motifs is 1. The Hall–Kier alpha value is -2.07. The van der Waals surface area contributed by atoms with Crippen molar-refractivity contribution in [2.45, 2.75) is 122 Å². The number of nitrogens with two attached hydrogens (primary N) is 1. The summed E-state index contributed by atoms with van der Waals surface area (Å²) in [5, 5.41) is 9.02. The molecule has 0 aromatic carbocycles. The molecule has 0 amide bonds. The van der Waals surface area contributed by atoms with Gasteiger partial charge < -0.3 is 24.4 Å². The van der Waals surface area contributed by atoms with Gasteiger partial charge in [-0.05, 0) is 42.7 Å². The van der Waals surface area contributed by atoms with Crippen LogP contribution >= 0.6 is 0 Å². The zero-order valence-electron chi connectivity index (χ0n) is 25.2. The lowest BCUT2D eigenvalue weighted by Crippen LogP contribution is -2.48. The number of rotatable bonds is 10. The molecule has 220 valence electrons. The number of ether oxygens (including phenoxy) is 1. The summed E-state index contributed by atoms with van der Waals surface area (Å²) in [5.74, 6) is -0.913. The number of carboxylic acids is 1. The van der Waals surface area contributed by atoms with E-state index in [1.807, 2.05) is 0 Å². The molecule has 1 fully saturated rings. The first-order valence-electron chi connectivity index (χ1n) is 13.7. The average Bonchev–Trinajstić information content (AvgIpc) is 3.36. The molecule has 2 aromatic heterocycles. The zero-order chi connectivity index (χ0) is 29.6. The lowest BCUT2D eigenvalue weighted by molar-refractivity contribution is -0.137. The van der Waals surface area contributed by atoms with Gasteiger partial charge in [0.1, 0.15) is 12.3 Å². The molecule has 0 radical (unpaired) electrons. The maximum atomic E-state index is 13.1. The number of aliphatic carboxylic acids is 1. The van der Waals surface area contributed by atoms with E-state index < -0.39 is 34.4 Å². The molecule has 0 spiro atoms. The number of nitrogens with zero attached hydrogens (tertiary/aromatic N) is 4. The zero-order valence-corrected chi connectivity index (χ0v) is 27.2. The Kier molecular flexibility index (Phi) is 8.93. The van der Waals surface area contributed by atoms with Gasteiger partial charge in [0.25, 0.3) is 5.56 Å². The van der Waals surface area contributed by atoms with E-state index in [0.717, 1.165) is 0 Å². The van der Waals surface area contributed by atoms with Crippen molar-refractivity contribution in [3.8, 4) is 0 Å². The third-order valence-corrected chi connectivity index (χ3v) is 17.6. The number of anilines is 1. The smallest absolute Gasteiger partial charge is 0.303 e. The fourth-order valence-corrected chi connectivity index (χ4v) is 6.41. The van der Waals surface area contributed by atoms with Gasteiger partial charge in [0, 0.05) is 19.4 Å². The Bertz CT molecular complexity index is 1240. The third-order valence-electron chi connectivity index (χ3n) is 8.64. The van der Waals surface area contributed by atoms with E-state index >= 15 is 0 Å². The average molecular weight is 582 g/mol. The molecule has 13 heteroatoms. The van der Waals surface area contributed by atoms with Crippen LogP contribution in [0.2, 0.25) is 36.3 Å². The van der Waals surface area contributed by atoms with Crippen molar-refractivity contribution in [2.24, 2.45) is 0 Å². The highest BCUT2D eigenvalue weighted by Gasteiger charge is 2.47. The Morgan fingerprint density at radius 3 is 2.33 bits per heavy atom. The first-order valence-corrected chi connectivity index (χ1v) is 19.5. The summed E-state index contributed by atoms with van der Waals surface area (Å²) in [6.07, 6.45) is 1.39. The van der Waals surface area contributed by atoms with Crippen LogP contribution in [0.4, 0.5) is 5.95 Å². The number of hydrogen-bond donors (Lipinski definition) is 2. The van der Waals surface area contributed by atoms with E-state index in [1.54, 1.807) is 10.9 Å². The highest BCUT2D eigenvalue weighted by molar-refractivity contribution is 6.74. The maximum absolute atomic E-state index is 13.1. The van der Waals surface area contributed by atoms with Gasteiger partial charge in [-0.2, -0.15) is 4.98 Å². The molecule has 3 rings (SSSR count). The van der Waals surface area contributed by atoms with Crippen molar-refractivity contribution in [1.29, 1.82) is 0 Å². The van der Waals surface area contributed by atoms with Crippen LogP contribution in [0.15, 0.2) is 11.1 Å². The second kappa shape index (κ2) is 11.1. The molecule has 2 aromatic rings. The van der Waals surface area contributed by atoms with Gasteiger partial charge in [-0.1, -0.05) is 41.5 Å². The van der Waals surface area contributed by atoms with E-state index in [2.05, 4.69) is 77.7 Å². The van der Waals surface area contributed by atoms with E-state index in [1.165, 1.54) is 4.57 Å². The van der Waals surface area contributed by atoms with Crippen LogP contribution in [-0.4, -0.2) is 65.6 Å². The molecule has 3 N–H and O–H groups in total. The van der Waals surface area contributed by atoms with Gasteiger partial charge in [-0.3, -0.25) is 18.7 Å². The molecular weight excluding hydrogens is 534 g/mol. The molecular formula is C26H47N5O6Si2. The number of aromatic nitrogens is 4. The van der Waals surface area contributed by atoms with E-state index in [-0.39, 0.29) is 53.1 Å². The predicted molar refractivity (Wildman–Crippen MR) is 157 cm³/mol. The highest BCUT2D eigenvalue weighted by Crippen LogP contribution is 2.42. The molecule has 3 heterocycles. The van der Waals surface area contributed by atoms with Crippen molar-refractivity contribution in [3.05, 3.63) is 16.7 Å². The van der Waals surface area contributed by atoms with Crippen LogP contribution in [0.3, 0.4) is 0 Å². The lowest BCUT2D eigenvalue weighted by atomic mass is 10.2. The monoisotopic (exact) mass is 581 g/mol. The van der Waals surface area contributed by atoms with E-state index in [9.17, 15) is 9.59 Å². The summed E-state index contributed by atoms with van der Waals surface area (Å²) < 4.78 is 23.0. The molecule has 0 aliphatic carbocycles. The second-order valence-electron chi connectivity index (χ2n) is 13.6. The first-order chi connectivity index (χ1) is 17.7. The molecule has 1 saturated heterocycles. The van der Waals surface area contributed by atoms with Crippen molar-refractivity contribution in [3.63, 3.8) is 0 Å². The summed E-state index contributed by atoms with van der Waals surface area (Å²) >= 11 is 0. The minimum absolute atomic E-state index is 0.0181. The number of imidazole rings is 1. The summed E-state index contributed by atoms with van der Waals surface area (Å²) in [4.78, 5) is 32.8. The normalized spacial score (nSPS) is 21.1. The third kappa shape index (κ3) is 6.81. The summed E-state index contributed by atoms with van der Waals surface area (Å²) in [5.41, 5.74) is 6.26. The van der Waals surface area contributed by atoms with Gasteiger partial charge in [-0.15, -0.1) is 0 Å². The van der Waals surface area contributed by atoms with Crippen molar-refractivity contribution in [2.75, 3.05) is 12.3 Å². The minimum Gasteiger partial charge on any atom is -0.481 e. The molecule has 1 aliphatic heterocycles. The fourth-order valence-electron chi connectivity index (χ4n) is 4.04. The quantitative estimate of drug-likeness (QED) is 0.380. The SMILES string of the molecule is CC(C)(C)[Si](C)(C)OC[C@H]1O[C@@H](n2cnc3c(=O)n(CCCC(=O)O)c(N)nc32)CC1O[Si](C)(C)C(C)(C)C. The van der Waals surface area contributed by atoms with Crippen LogP contribution in [0, 0.1) is 0 Å². The van der Waals surface area contributed by atoms with Gasteiger partial charge in [0.2, 0.25) is 5.95 Å². The molecule has 39 heavy (non-hydrogen) atoms. The van der Waals surface area contributed by atoms with Crippen LogP contribution in [-0.2, 0) is 24.9 Å². The van der Waals surface area contributed by atoms with Crippen LogP contribution in [0.1, 0.15) is 67.0 Å². The molecule has 1 aliphatic rings. The number of carboxylic acid groups (broad SMARTS) is 1. The summed E-state index contributed by atoms with van der Waals surface area (Å²) in [6, 6.07) is 0. The van der Waals surface area contributed by atoms with Crippen LogP contribution < -0.4 is 11.3 Å². The fraction of sp³-hybridized carbons (Fsp3) is 0.769. The minimum atomic E-state index is -2.12. The van der Waals surface area contributed by atoms with Gasteiger partial charge >= 0.3 is 5.97 Å². The maximum Gasteiger partial charge on any atom is 0.303 e. The topological polar surface area (TPSA) is 144 Å². The van der Waals surface area contributed by atoms with Gasteiger partial charge in [0.15, 0.2) is 27.8 Å². The summed E-state index contributed by atoms with van der Waals surface area (Å²) in [7, 11) is -4.14. The largest absolute Gasteiger partial charge is 0.481 e. The van der Waals surface area contributed by atoms with Crippen molar-refractivity contribution >= 4 is 39.7 Å². The van der Waals surface area contributed by atoms with Crippen molar-refractivity contribution < 1.29 is 23.5 Å². The second-order valence-corrected chi connectivity index (χ2v) is 23.2. The molecule has 0 saturated carbocycles. The Morgan fingerprint density at radius 1 is 1.15 bits per heavy atom. The van der Waals surface area contributed by atoms with Crippen molar-refractivity contribution in [1.82, 2.24) is 19.1 Å². The van der Waals surface area contributed by atoms with E-state index in [4.69, 9.17) is 24.4 Å². The molecule has 3 atom stereocenters. The van der Waals surface area contributed by atoms with Gasteiger partial charge in [0.05, 0.1) is 19.0 Å².